The second-order valence-corrected chi connectivity index (χ2v) is 32.2. The van der Waals surface area contributed by atoms with Gasteiger partial charge in [0.1, 0.15) is 41.4 Å². The van der Waals surface area contributed by atoms with Crippen LogP contribution < -0.4 is 5.32 Å². The van der Waals surface area contributed by atoms with Gasteiger partial charge in [-0.25, -0.2) is 15.0 Å². The van der Waals surface area contributed by atoms with Gasteiger partial charge >= 0.3 is 0 Å². The lowest BCUT2D eigenvalue weighted by Gasteiger charge is -2.42. The summed E-state index contributed by atoms with van der Waals surface area (Å²) < 4.78 is 40.2. The van der Waals surface area contributed by atoms with Gasteiger partial charge in [-0.05, 0) is 87.0 Å². The Hall–Kier alpha value is -8.65. The van der Waals surface area contributed by atoms with Crippen LogP contribution in [-0.2, 0) is 40.1 Å². The fourth-order valence-electron chi connectivity index (χ4n) is 14.4. The number of fused-ring (bicyclic) bond motifs is 1. The van der Waals surface area contributed by atoms with Crippen molar-refractivity contribution in [3.63, 3.8) is 0 Å². The molecule has 1 saturated heterocycles. The molecule has 12 rings (SSSR count). The van der Waals surface area contributed by atoms with Crippen molar-refractivity contribution in [2.45, 2.75) is 151 Å². The Morgan fingerprint density at radius 1 is 0.439 bits per heavy atom. The highest BCUT2D eigenvalue weighted by Crippen LogP contribution is 2.50. The van der Waals surface area contributed by atoms with E-state index in [1.165, 1.54) is 38.5 Å². The van der Waals surface area contributed by atoms with E-state index in [1.54, 1.807) is 6.33 Å². The summed E-state index contributed by atoms with van der Waals surface area (Å²) in [5.41, 5.74) is 6.88. The van der Waals surface area contributed by atoms with Crippen molar-refractivity contribution < 1.29 is 23.4 Å². The summed E-state index contributed by atoms with van der Waals surface area (Å²) in [6.45, 7) is 15.7. The fourth-order valence-corrected chi connectivity index (χ4v) is 16.8. The average molecular weight is 1320 g/mol. The Labute approximate surface area is 583 Å². The summed E-state index contributed by atoms with van der Waals surface area (Å²) in [6, 6.07) is 95.0. The van der Waals surface area contributed by atoms with Crippen LogP contribution in [0.5, 0.6) is 0 Å². The van der Waals surface area contributed by atoms with Crippen molar-refractivity contribution in [2.75, 3.05) is 25.1 Å². The van der Waals surface area contributed by atoms with Crippen molar-refractivity contribution in [3.8, 4) is 0 Å². The molecule has 504 valence electrons. The highest BCUT2D eigenvalue weighted by atomic mass is 28.4. The van der Waals surface area contributed by atoms with E-state index in [4.69, 9.17) is 38.3 Å². The Morgan fingerprint density at radius 2 is 0.796 bits per heavy atom. The quantitative estimate of drug-likeness (QED) is 0.0240. The smallest absolute Gasteiger partial charge is 0.192 e. The molecule has 11 aromatic rings. The van der Waals surface area contributed by atoms with Crippen LogP contribution in [0.4, 0.5) is 5.82 Å². The monoisotopic (exact) mass is 1320 g/mol. The maximum atomic E-state index is 8.34. The lowest BCUT2D eigenvalue weighted by molar-refractivity contribution is -0.132. The Bertz CT molecular complexity index is 3860. The summed E-state index contributed by atoms with van der Waals surface area (Å²) in [5.74, 6) is 1.15. The van der Waals surface area contributed by atoms with Gasteiger partial charge in [0, 0.05) is 13.2 Å². The molecule has 0 saturated carbocycles. The number of nitrogens with zero attached hydrogens (tertiary/aromatic N) is 4. The number of unbranched alkanes of at least 4 members (excludes halogenated alkanes) is 9. The molecule has 2 aromatic heterocycles. The average Bonchev–Trinajstić information content (AvgIpc) is 1.70. The van der Waals surface area contributed by atoms with Crippen molar-refractivity contribution in [3.05, 3.63) is 336 Å². The summed E-state index contributed by atoms with van der Waals surface area (Å²) >= 11 is 0. The third-order valence-electron chi connectivity index (χ3n) is 21.0. The zero-order valence-corrected chi connectivity index (χ0v) is 59.0. The van der Waals surface area contributed by atoms with Gasteiger partial charge in [0.25, 0.3) is 0 Å². The molecule has 0 aliphatic carbocycles. The molecule has 10 nitrogen and oxygen atoms in total. The molecule has 1 aliphatic heterocycles. The van der Waals surface area contributed by atoms with Gasteiger partial charge in [-0.1, -0.05) is 352 Å². The van der Waals surface area contributed by atoms with E-state index in [1.807, 2.05) is 10.9 Å². The summed E-state index contributed by atoms with van der Waals surface area (Å²) in [6.07, 6.45) is 11.9. The fraction of sp³-hybridized carbons (Fsp3) is 0.322. The number of rotatable bonds is 34. The number of aromatic nitrogens is 4. The molecule has 0 bridgehead atoms. The zero-order chi connectivity index (χ0) is 67.7. The zero-order valence-electron chi connectivity index (χ0n) is 58.0. The van der Waals surface area contributed by atoms with Crippen LogP contribution in [-0.4, -0.2) is 66.0 Å². The van der Waals surface area contributed by atoms with Crippen LogP contribution in [0.1, 0.15) is 148 Å². The number of anilines is 1. The van der Waals surface area contributed by atoms with Crippen LogP contribution in [0.2, 0.25) is 18.1 Å². The van der Waals surface area contributed by atoms with Gasteiger partial charge in [-0.15, -0.1) is 0 Å². The molecule has 1 fully saturated rings. The molecule has 98 heavy (non-hydrogen) atoms. The number of benzene rings is 9. The number of imidazole rings is 1. The van der Waals surface area contributed by atoms with Crippen LogP contribution >= 0.6 is 0 Å². The van der Waals surface area contributed by atoms with E-state index < -0.39 is 49.6 Å². The number of nitrogens with one attached hydrogen (secondary N) is 1. The van der Waals surface area contributed by atoms with E-state index >= 15 is 0 Å². The molecule has 0 unspecified atom stereocenters. The molecule has 0 radical (unpaired) electrons. The molecule has 0 spiro atoms. The normalized spacial score (nSPS) is 16.2. The van der Waals surface area contributed by atoms with Crippen LogP contribution in [0.15, 0.2) is 286 Å². The minimum absolute atomic E-state index is 0.111. The lowest BCUT2D eigenvalue weighted by atomic mass is 9.77. The van der Waals surface area contributed by atoms with Crippen LogP contribution in [0, 0.1) is 5.92 Å². The van der Waals surface area contributed by atoms with E-state index in [2.05, 4.69) is 319 Å². The van der Waals surface area contributed by atoms with Crippen LogP contribution in [0.25, 0.3) is 11.2 Å². The van der Waals surface area contributed by atoms with Gasteiger partial charge in [-0.3, -0.25) is 4.57 Å². The van der Waals surface area contributed by atoms with E-state index in [9.17, 15) is 0 Å². The predicted octanol–water partition coefficient (Wildman–Crippen LogP) is 20.5. The van der Waals surface area contributed by atoms with Gasteiger partial charge in [0.05, 0.1) is 12.9 Å². The Kier molecular flexibility index (Phi) is 22.9. The van der Waals surface area contributed by atoms with E-state index in [0.717, 1.165) is 82.4 Å². The third-order valence-corrected chi connectivity index (χ3v) is 25.6. The predicted molar refractivity (Wildman–Crippen MR) is 400 cm³/mol. The largest absolute Gasteiger partial charge is 0.417 e. The summed E-state index contributed by atoms with van der Waals surface area (Å²) in [7, 11) is -1.80. The standard InChI is InChI=1S/C87H97N5O5Si/c1-67(2)84(3,4)98(5,6)95-63-43-14-12-10-8-7-9-11-13-42-62-93-79-77(64-94-86(71-50-30-18-31-51-71,72-52-32-19-33-53-72)73-54-34-20-35-55-73)96-83(80(79)97-87(74-56-36-21-37-57-74,75-58-38-22-39-59-75)76-60-40-23-41-61-76)92-66-90-78-81(88-65-89-82(78)92)91-85(68-44-24-15-25-45-68,69-46-26-16-27-47-69)70-48-28-17-29-49-70/h15-41,44-61,65-67,77,79-80,83H,7-14,42-43,62-64H2,1-6H3,(H,88,89,91)/t77-,79-,80-,83-/m1/s1. The van der Waals surface area contributed by atoms with Crippen molar-refractivity contribution in [1.29, 1.82) is 0 Å². The summed E-state index contributed by atoms with van der Waals surface area (Å²) in [5, 5.41) is 4.28. The van der Waals surface area contributed by atoms with Crippen molar-refractivity contribution in [1.82, 2.24) is 19.5 Å². The Balaban J connectivity index is 0.917. The first kappa shape index (κ1) is 69.3. The Morgan fingerprint density at radius 3 is 1.18 bits per heavy atom. The molecular weight excluding hydrogens is 1220 g/mol. The molecule has 11 heteroatoms. The number of hydrogen-bond donors (Lipinski definition) is 1. The first-order valence-electron chi connectivity index (χ1n) is 35.7. The summed E-state index contributed by atoms with van der Waals surface area (Å²) in [4.78, 5) is 15.5. The van der Waals surface area contributed by atoms with Gasteiger partial charge in [0.15, 0.2) is 31.5 Å². The highest BCUT2D eigenvalue weighted by Gasteiger charge is 2.54. The highest BCUT2D eigenvalue weighted by molar-refractivity contribution is 6.74. The van der Waals surface area contributed by atoms with E-state index in [-0.39, 0.29) is 11.6 Å². The van der Waals surface area contributed by atoms with Gasteiger partial charge in [-0.2, -0.15) is 0 Å². The molecular formula is C87H97N5O5Si. The maximum Gasteiger partial charge on any atom is 0.192 e. The first-order valence-corrected chi connectivity index (χ1v) is 38.6. The van der Waals surface area contributed by atoms with Crippen molar-refractivity contribution in [2.24, 2.45) is 5.92 Å². The maximum absolute atomic E-state index is 8.34. The van der Waals surface area contributed by atoms with Crippen LogP contribution in [0.3, 0.4) is 0 Å². The SMILES string of the molecule is CC(C)C(C)(C)[Si](C)(C)OCCCCCCCCCCCCO[C@H]1[C@@H](OC(c2ccccc2)(c2ccccc2)c2ccccc2)[C@H](n2cnc3c(NC(c4ccccc4)(c4ccccc4)c4ccccc4)ncnc32)O[C@@H]1COC(c1ccccc1)(c1ccccc1)c1ccccc1. The molecule has 3 heterocycles. The molecule has 4 atom stereocenters. The topological polar surface area (TPSA) is 102 Å². The lowest BCUT2D eigenvalue weighted by Crippen LogP contribution is -2.46. The third kappa shape index (κ3) is 14.9. The van der Waals surface area contributed by atoms with Crippen molar-refractivity contribution >= 4 is 25.3 Å². The second kappa shape index (κ2) is 32.3. The minimum atomic E-state index is -1.80. The number of ether oxygens (including phenoxy) is 4. The second-order valence-electron chi connectivity index (χ2n) is 27.6. The van der Waals surface area contributed by atoms with Gasteiger partial charge in [0.2, 0.25) is 0 Å². The number of hydrogen-bond acceptors (Lipinski definition) is 9. The van der Waals surface area contributed by atoms with E-state index in [0.29, 0.717) is 29.5 Å². The van der Waals surface area contributed by atoms with Gasteiger partial charge < -0.3 is 28.7 Å². The first-order chi connectivity index (χ1) is 48.0. The minimum Gasteiger partial charge on any atom is -0.417 e. The molecule has 1 aliphatic rings. The molecule has 0 amide bonds. The molecule has 9 aromatic carbocycles. The molecule has 1 N–H and O–H groups in total.